The molecule has 0 aliphatic heterocycles. The van der Waals surface area contributed by atoms with E-state index in [0.29, 0.717) is 0 Å². The van der Waals surface area contributed by atoms with Gasteiger partial charge in [-0.3, -0.25) is 14.9 Å². The van der Waals surface area contributed by atoms with Crippen molar-refractivity contribution in [2.24, 2.45) is 0 Å². The molecule has 0 fully saturated rings. The van der Waals surface area contributed by atoms with Gasteiger partial charge >= 0.3 is 5.97 Å². The molecule has 0 spiro atoms. The summed E-state index contributed by atoms with van der Waals surface area (Å²) in [5.41, 5.74) is -0.0730. The predicted molar refractivity (Wildman–Crippen MR) is 78.5 cm³/mol. The first kappa shape index (κ1) is 16.8. The van der Waals surface area contributed by atoms with Crippen LogP contribution >= 0.6 is 17.0 Å². The lowest BCUT2D eigenvalue weighted by Gasteiger charge is -2.20. The highest BCUT2D eigenvalue weighted by Crippen LogP contribution is 2.49. The van der Waals surface area contributed by atoms with E-state index in [4.69, 9.17) is 27.6 Å². The van der Waals surface area contributed by atoms with Gasteiger partial charge in [0, 0.05) is 12.1 Å². The Morgan fingerprint density at radius 3 is 2.50 bits per heavy atom. The molecule has 0 amide bonds. The van der Waals surface area contributed by atoms with E-state index in [0.717, 1.165) is 0 Å². The quantitative estimate of drug-likeness (QED) is 0.369. The maximum atomic E-state index is 11.3. The first-order valence-corrected chi connectivity index (χ1v) is 8.97. The standard InChI is InChI=1S/C10H12ClN2O5PS/c1-7(10(14)17-2)12-19(11,20)18-9-5-3-8(4-6-9)13(15)16/h3-7H,1-2H3,(H,12,20). The summed E-state index contributed by atoms with van der Waals surface area (Å²) in [6.07, 6.45) is 0. The van der Waals surface area contributed by atoms with Crippen LogP contribution < -0.4 is 9.61 Å². The Morgan fingerprint density at radius 2 is 2.05 bits per heavy atom. The van der Waals surface area contributed by atoms with Crippen LogP contribution in [0, 0.1) is 10.1 Å². The number of halogens is 1. The summed E-state index contributed by atoms with van der Waals surface area (Å²) in [5, 5.41) is 13.2. The largest absolute Gasteiger partial charge is 0.468 e. The van der Waals surface area contributed by atoms with Crippen molar-refractivity contribution < 1.29 is 19.0 Å². The lowest BCUT2D eigenvalue weighted by molar-refractivity contribution is -0.384. The average Bonchev–Trinajstić information content (AvgIpc) is 2.37. The van der Waals surface area contributed by atoms with Crippen LogP contribution in [0.25, 0.3) is 0 Å². The number of methoxy groups -OCH3 is 1. The van der Waals surface area contributed by atoms with Crippen LogP contribution in [-0.2, 0) is 21.3 Å². The normalized spacial score (nSPS) is 14.9. The molecule has 2 unspecified atom stereocenters. The fourth-order valence-electron chi connectivity index (χ4n) is 1.25. The summed E-state index contributed by atoms with van der Waals surface area (Å²) >= 11 is 11.1. The van der Waals surface area contributed by atoms with E-state index in [1.165, 1.54) is 38.3 Å². The number of non-ortho nitro benzene ring substituents is 1. The Bertz CT molecular complexity index is 553. The van der Waals surface area contributed by atoms with Gasteiger partial charge < -0.3 is 9.26 Å². The summed E-state index contributed by atoms with van der Waals surface area (Å²) in [6, 6.07) is 4.58. The minimum atomic E-state index is -2.99. The van der Waals surface area contributed by atoms with Crippen molar-refractivity contribution in [2.45, 2.75) is 13.0 Å². The summed E-state index contributed by atoms with van der Waals surface area (Å²) < 4.78 is 9.88. The highest BCUT2D eigenvalue weighted by atomic mass is 35.7. The molecule has 0 heterocycles. The van der Waals surface area contributed by atoms with Gasteiger partial charge in [0.05, 0.1) is 12.0 Å². The van der Waals surface area contributed by atoms with Gasteiger partial charge in [-0.05, 0) is 42.1 Å². The van der Waals surface area contributed by atoms with Crippen molar-refractivity contribution in [1.82, 2.24) is 5.09 Å². The monoisotopic (exact) mass is 338 g/mol. The van der Waals surface area contributed by atoms with Crippen molar-refractivity contribution in [3.05, 3.63) is 34.4 Å². The molecule has 20 heavy (non-hydrogen) atoms. The number of hydrogen-bond acceptors (Lipinski definition) is 6. The lowest BCUT2D eigenvalue weighted by atomic mass is 10.3. The molecule has 1 aromatic rings. The number of esters is 1. The highest BCUT2D eigenvalue weighted by molar-refractivity contribution is 8.23. The van der Waals surface area contributed by atoms with Crippen molar-refractivity contribution in [2.75, 3.05) is 7.11 Å². The number of nitrogens with one attached hydrogen (secondary N) is 1. The highest BCUT2D eigenvalue weighted by Gasteiger charge is 2.23. The molecule has 0 aliphatic rings. The van der Waals surface area contributed by atoms with Crippen LogP contribution in [0.15, 0.2) is 24.3 Å². The Labute approximate surface area is 125 Å². The number of rotatable bonds is 6. The van der Waals surface area contributed by atoms with Gasteiger partial charge in [-0.2, -0.15) is 0 Å². The molecule has 110 valence electrons. The Balaban J connectivity index is 2.73. The molecule has 1 N–H and O–H groups in total. The third-order valence-corrected chi connectivity index (χ3v) is 4.35. The molecule has 1 aromatic carbocycles. The van der Waals surface area contributed by atoms with Crippen molar-refractivity contribution >= 4 is 40.5 Å². The SMILES string of the molecule is COC(=O)C(C)NP(=S)(Cl)Oc1ccc([N+](=O)[O-])cc1. The fraction of sp³-hybridized carbons (Fsp3) is 0.300. The topological polar surface area (TPSA) is 90.7 Å². The van der Waals surface area contributed by atoms with Gasteiger partial charge in [-0.15, -0.1) is 0 Å². The van der Waals surface area contributed by atoms with Gasteiger partial charge in [0.15, 0.2) is 0 Å². The van der Waals surface area contributed by atoms with Crippen molar-refractivity contribution in [1.29, 1.82) is 0 Å². The predicted octanol–water partition coefficient (Wildman–Crippen LogP) is 2.59. The number of hydrogen-bond donors (Lipinski definition) is 1. The third kappa shape index (κ3) is 5.05. The number of benzene rings is 1. The van der Waals surface area contributed by atoms with E-state index in [1.54, 1.807) is 0 Å². The molecular weight excluding hydrogens is 327 g/mol. The maximum Gasteiger partial charge on any atom is 0.323 e. The molecule has 0 saturated carbocycles. The molecule has 10 heteroatoms. The van der Waals surface area contributed by atoms with Crippen molar-refractivity contribution in [3.63, 3.8) is 0 Å². The number of carbonyl (C=O) groups excluding carboxylic acids is 1. The molecule has 7 nitrogen and oxygen atoms in total. The number of carbonyl (C=O) groups is 1. The van der Waals surface area contributed by atoms with Crippen LogP contribution in [0.2, 0.25) is 0 Å². The van der Waals surface area contributed by atoms with Crippen molar-refractivity contribution in [3.8, 4) is 5.75 Å². The third-order valence-electron chi connectivity index (χ3n) is 2.17. The zero-order valence-electron chi connectivity index (χ0n) is 10.6. The van der Waals surface area contributed by atoms with Crippen LogP contribution in [0.1, 0.15) is 6.92 Å². The summed E-state index contributed by atoms with van der Waals surface area (Å²) in [5.74, 6) is -3.24. The zero-order chi connectivity index (χ0) is 15.3. The molecule has 0 radical (unpaired) electrons. The first-order valence-electron chi connectivity index (χ1n) is 5.34. The van der Waals surface area contributed by atoms with E-state index in [2.05, 4.69) is 9.82 Å². The van der Waals surface area contributed by atoms with Gasteiger partial charge in [0.2, 0.25) is 0 Å². The van der Waals surface area contributed by atoms with Crippen LogP contribution in [0.3, 0.4) is 0 Å². The molecule has 0 bridgehead atoms. The van der Waals surface area contributed by atoms with Crippen LogP contribution in [0.5, 0.6) is 5.75 Å². The van der Waals surface area contributed by atoms with E-state index in [1.807, 2.05) is 0 Å². The molecule has 0 aliphatic carbocycles. The van der Waals surface area contributed by atoms with Crippen LogP contribution in [0.4, 0.5) is 5.69 Å². The second kappa shape index (κ2) is 6.99. The lowest BCUT2D eigenvalue weighted by Crippen LogP contribution is -2.32. The number of nitro benzene ring substituents is 1. The van der Waals surface area contributed by atoms with E-state index < -0.39 is 22.7 Å². The van der Waals surface area contributed by atoms with E-state index in [-0.39, 0.29) is 11.4 Å². The van der Waals surface area contributed by atoms with Gasteiger partial charge in [-0.25, -0.2) is 5.09 Å². The Morgan fingerprint density at radius 1 is 1.50 bits per heavy atom. The number of nitrogens with zero attached hydrogens (tertiary/aromatic N) is 1. The second-order valence-corrected chi connectivity index (χ2v) is 8.67. The molecule has 0 aromatic heterocycles. The van der Waals surface area contributed by atoms with Gasteiger partial charge in [-0.1, -0.05) is 0 Å². The second-order valence-electron chi connectivity index (χ2n) is 3.70. The Kier molecular flexibility index (Phi) is 5.88. The minimum Gasteiger partial charge on any atom is -0.468 e. The molecule has 0 saturated heterocycles. The smallest absolute Gasteiger partial charge is 0.323 e. The first-order chi connectivity index (χ1) is 9.25. The van der Waals surface area contributed by atoms with Gasteiger partial charge in [0.1, 0.15) is 11.8 Å². The Hall–Kier alpha value is -1.21. The summed E-state index contributed by atoms with van der Waals surface area (Å²) in [4.78, 5) is 21.2. The summed E-state index contributed by atoms with van der Waals surface area (Å²) in [6.45, 7) is 1.54. The maximum absolute atomic E-state index is 11.3. The average molecular weight is 339 g/mol. The molecular formula is C10H12ClN2O5PS. The number of nitro groups is 1. The van der Waals surface area contributed by atoms with Crippen LogP contribution in [-0.4, -0.2) is 24.0 Å². The number of ether oxygens (including phenoxy) is 1. The fourth-order valence-corrected chi connectivity index (χ4v) is 3.68. The summed E-state index contributed by atoms with van der Waals surface area (Å²) in [7, 11) is 1.25. The molecule has 2 atom stereocenters. The van der Waals surface area contributed by atoms with Gasteiger partial charge in [0.25, 0.3) is 11.5 Å². The molecule has 1 rings (SSSR count). The zero-order valence-corrected chi connectivity index (χ0v) is 13.1. The minimum absolute atomic E-state index is 0.0730. The van der Waals surface area contributed by atoms with E-state index >= 15 is 0 Å². The van der Waals surface area contributed by atoms with E-state index in [9.17, 15) is 14.9 Å².